The average Bonchev–Trinajstić information content (AvgIpc) is 3.43. The van der Waals surface area contributed by atoms with Gasteiger partial charge in [-0.3, -0.25) is 0 Å². The third kappa shape index (κ3) is 5.03. The molecule has 0 N–H and O–H groups in total. The van der Waals surface area contributed by atoms with Crippen LogP contribution in [0.15, 0.2) is 120 Å². The number of hydrogen-bond acceptors (Lipinski definition) is 1. The Morgan fingerprint density at radius 1 is 1.00 bits per heavy atom. The highest BCUT2D eigenvalue weighted by molar-refractivity contribution is 5.82. The molecule has 0 saturated heterocycles. The van der Waals surface area contributed by atoms with Gasteiger partial charge < -0.3 is 9.47 Å². The van der Waals surface area contributed by atoms with Gasteiger partial charge in [-0.25, -0.2) is 0 Å². The summed E-state index contributed by atoms with van der Waals surface area (Å²) in [5.41, 5.74) is 18.0. The van der Waals surface area contributed by atoms with Crippen molar-refractivity contribution in [1.29, 1.82) is 0 Å². The number of rotatable bonds is 9. The molecule has 6 rings (SSSR count). The normalized spacial score (nSPS) is 21.3. The Kier molecular flexibility index (Phi) is 9.09. The Hall–Kier alpha value is -4.30. The van der Waals surface area contributed by atoms with Crippen molar-refractivity contribution in [3.05, 3.63) is 154 Å². The van der Waals surface area contributed by atoms with E-state index in [1.54, 1.807) is 0 Å². The Labute approximate surface area is 277 Å². The molecule has 1 aromatic heterocycles. The van der Waals surface area contributed by atoms with Crippen LogP contribution in [-0.2, 0) is 6.42 Å². The first-order valence-corrected chi connectivity index (χ1v) is 17.3. The van der Waals surface area contributed by atoms with Gasteiger partial charge in [-0.05, 0) is 116 Å². The molecule has 2 bridgehead atoms. The second kappa shape index (κ2) is 13.2. The molecule has 3 atom stereocenters. The van der Waals surface area contributed by atoms with E-state index >= 15 is 0 Å². The van der Waals surface area contributed by atoms with E-state index in [2.05, 4.69) is 162 Å². The lowest BCUT2D eigenvalue weighted by Crippen LogP contribution is -2.43. The van der Waals surface area contributed by atoms with E-state index in [4.69, 9.17) is 0 Å². The highest BCUT2D eigenvalue weighted by Gasteiger charge is 2.45. The number of benzene rings is 2. The first kappa shape index (κ1) is 31.7. The molecule has 3 heterocycles. The van der Waals surface area contributed by atoms with Gasteiger partial charge in [-0.2, -0.15) is 0 Å². The molecule has 46 heavy (non-hydrogen) atoms. The van der Waals surface area contributed by atoms with Gasteiger partial charge in [0.15, 0.2) is 0 Å². The summed E-state index contributed by atoms with van der Waals surface area (Å²) in [6.07, 6.45) is 24.4. The van der Waals surface area contributed by atoms with Crippen molar-refractivity contribution in [2.75, 3.05) is 4.90 Å². The largest absolute Gasteiger partial charge is 0.336 e. The summed E-state index contributed by atoms with van der Waals surface area (Å²) < 4.78 is 2.61. The zero-order chi connectivity index (χ0) is 32.5. The summed E-state index contributed by atoms with van der Waals surface area (Å²) in [5, 5.41) is 0. The fraction of sp³-hybridized carbons (Fsp3) is 0.318. The number of aryl methyl sites for hydroxylation is 2. The molecule has 2 aliphatic heterocycles. The van der Waals surface area contributed by atoms with Crippen LogP contribution in [0.25, 0.3) is 11.6 Å². The average molecular weight is 607 g/mol. The van der Waals surface area contributed by atoms with Crippen LogP contribution < -0.4 is 4.90 Å². The van der Waals surface area contributed by atoms with Gasteiger partial charge in [0.1, 0.15) is 0 Å². The van der Waals surface area contributed by atoms with E-state index in [0.29, 0.717) is 5.92 Å². The molecular weight excluding hydrogens is 556 g/mol. The number of para-hydroxylation sites is 2. The molecule has 3 aliphatic rings. The van der Waals surface area contributed by atoms with E-state index in [-0.39, 0.29) is 12.1 Å². The highest BCUT2D eigenvalue weighted by atomic mass is 15.2. The minimum atomic E-state index is 0.171. The zero-order valence-electron chi connectivity index (χ0n) is 28.9. The smallest absolute Gasteiger partial charge is 0.0831 e. The number of hydrogen-bond donors (Lipinski definition) is 0. The molecule has 0 amide bonds. The van der Waals surface area contributed by atoms with E-state index in [1.807, 2.05) is 0 Å². The van der Waals surface area contributed by atoms with E-state index in [9.17, 15) is 0 Å². The molecule has 0 radical (unpaired) electrons. The summed E-state index contributed by atoms with van der Waals surface area (Å²) in [6, 6.07) is 16.5. The van der Waals surface area contributed by atoms with E-state index in [0.717, 1.165) is 25.7 Å². The first-order chi connectivity index (χ1) is 22.4. The number of anilines is 2. The zero-order valence-corrected chi connectivity index (χ0v) is 28.9. The lowest BCUT2D eigenvalue weighted by molar-refractivity contribution is 0.528. The van der Waals surface area contributed by atoms with Crippen LogP contribution >= 0.6 is 0 Å². The van der Waals surface area contributed by atoms with E-state index in [1.165, 1.54) is 72.8 Å². The monoisotopic (exact) mass is 606 g/mol. The third-order valence-electron chi connectivity index (χ3n) is 10.5. The molecule has 1 aliphatic carbocycles. The summed E-state index contributed by atoms with van der Waals surface area (Å²) in [5.74, 6) is 0.405. The number of allylic oxidation sites excluding steroid dienone is 11. The van der Waals surface area contributed by atoms with Gasteiger partial charge in [0.25, 0.3) is 0 Å². The van der Waals surface area contributed by atoms with Gasteiger partial charge in [0.05, 0.1) is 17.8 Å². The summed E-state index contributed by atoms with van der Waals surface area (Å²) in [6.45, 7) is 20.1. The molecule has 2 nitrogen and oxygen atoms in total. The Balaban J connectivity index is 1.60. The second-order valence-electron chi connectivity index (χ2n) is 13.0. The van der Waals surface area contributed by atoms with Crippen molar-refractivity contribution >= 4 is 23.0 Å². The molecule has 236 valence electrons. The van der Waals surface area contributed by atoms with Crippen LogP contribution in [0, 0.1) is 6.92 Å². The number of aromatic nitrogens is 1. The van der Waals surface area contributed by atoms with Crippen LogP contribution in [0.2, 0.25) is 0 Å². The maximum Gasteiger partial charge on any atom is 0.0831 e. The van der Waals surface area contributed by atoms with Crippen molar-refractivity contribution in [3.8, 4) is 0 Å². The van der Waals surface area contributed by atoms with Crippen LogP contribution in [0.5, 0.6) is 0 Å². The fourth-order valence-electron chi connectivity index (χ4n) is 8.31. The molecular formula is C44H50N2. The molecule has 2 aromatic carbocycles. The minimum Gasteiger partial charge on any atom is -0.336 e. The quantitative estimate of drug-likeness (QED) is 0.220. The molecule has 3 unspecified atom stereocenters. The molecule has 0 saturated carbocycles. The van der Waals surface area contributed by atoms with Gasteiger partial charge in [-0.1, -0.05) is 105 Å². The van der Waals surface area contributed by atoms with Crippen molar-refractivity contribution in [2.24, 2.45) is 0 Å². The Bertz CT molecular complexity index is 1850. The van der Waals surface area contributed by atoms with E-state index < -0.39 is 0 Å². The van der Waals surface area contributed by atoms with Crippen molar-refractivity contribution in [1.82, 2.24) is 4.57 Å². The standard InChI is InChI=1S/C44H50N2/c1-9-14-15-21-29(6)31(8)43-33(11-3)32-23-19-26-38-36(20-10-2)41(44(38)45(43)28-32)39(13-5)46-40-27-17-16-24-35(40)34(12-4)37-25-18-22-30(7)42(37)46/h9-11,14-18,20-22,24-28,34,39,44H,3,12-13,19,23H2,1-2,4-8H3/b14-9-,20-10?,21-15-,31-29+,38-26-. The number of fused-ring (bicyclic) bond motifs is 6. The number of nitrogens with zero attached hydrogens (tertiary/aromatic N) is 2. The maximum atomic E-state index is 4.33. The lowest BCUT2D eigenvalue weighted by atomic mass is 9.70. The summed E-state index contributed by atoms with van der Waals surface area (Å²) in [7, 11) is 0. The molecule has 0 spiro atoms. The minimum absolute atomic E-state index is 0.171. The van der Waals surface area contributed by atoms with Crippen molar-refractivity contribution < 1.29 is 0 Å². The van der Waals surface area contributed by atoms with Crippen molar-refractivity contribution in [2.45, 2.75) is 92.2 Å². The van der Waals surface area contributed by atoms with Crippen molar-refractivity contribution in [3.63, 3.8) is 0 Å². The predicted octanol–water partition coefficient (Wildman–Crippen LogP) is 12.1. The fourth-order valence-corrected chi connectivity index (χ4v) is 8.31. The Morgan fingerprint density at radius 2 is 1.78 bits per heavy atom. The molecule has 0 fully saturated rings. The van der Waals surface area contributed by atoms with Crippen LogP contribution in [-0.4, -0.2) is 10.6 Å². The lowest BCUT2D eigenvalue weighted by Gasteiger charge is -2.49. The molecule has 2 heteroatoms. The topological polar surface area (TPSA) is 8.17 Å². The third-order valence-corrected chi connectivity index (χ3v) is 10.5. The first-order valence-electron chi connectivity index (χ1n) is 17.3. The summed E-state index contributed by atoms with van der Waals surface area (Å²) in [4.78, 5) is 2.72. The molecule has 3 aromatic rings. The van der Waals surface area contributed by atoms with Crippen LogP contribution in [0.3, 0.4) is 0 Å². The second-order valence-corrected chi connectivity index (χ2v) is 13.0. The highest BCUT2D eigenvalue weighted by Crippen LogP contribution is 2.56. The predicted molar refractivity (Wildman–Crippen MR) is 200 cm³/mol. The SMILES string of the molecule is C=Cc1c2cn(c1/C(C)=C(C)/C=C\C=C/C)C1C(C(CC)N3c4ccccc4C(CC)c4cccc(C)c43)=C(C=CC)/C1=C/CC2. The summed E-state index contributed by atoms with van der Waals surface area (Å²) >= 11 is 0. The Morgan fingerprint density at radius 3 is 2.50 bits per heavy atom. The van der Waals surface area contributed by atoms with Crippen LogP contribution in [0.4, 0.5) is 11.4 Å². The van der Waals surface area contributed by atoms with Gasteiger partial charge in [-0.15, -0.1) is 0 Å². The maximum absolute atomic E-state index is 4.33. The van der Waals surface area contributed by atoms with Gasteiger partial charge in [0, 0.05) is 29.1 Å². The van der Waals surface area contributed by atoms with Crippen LogP contribution in [0.1, 0.15) is 106 Å². The van der Waals surface area contributed by atoms with Gasteiger partial charge >= 0.3 is 0 Å². The van der Waals surface area contributed by atoms with Gasteiger partial charge in [0.2, 0.25) is 0 Å².